The molecule has 1 rings (SSSR count). The highest BCUT2D eigenvalue weighted by Gasteiger charge is 2.18. The van der Waals surface area contributed by atoms with Gasteiger partial charge in [0.15, 0.2) is 0 Å². The number of hydrogen-bond donors (Lipinski definition) is 0. The first kappa shape index (κ1) is 14.3. The van der Waals surface area contributed by atoms with Gasteiger partial charge in [-0.15, -0.1) is 0 Å². The molecule has 0 bridgehead atoms. The van der Waals surface area contributed by atoms with Crippen molar-refractivity contribution in [1.82, 2.24) is 0 Å². The maximum absolute atomic E-state index is 11.4. The molecule has 3 nitrogen and oxygen atoms in total. The molecule has 0 N–H and O–H groups in total. The van der Waals surface area contributed by atoms with Crippen molar-refractivity contribution in [1.29, 1.82) is 0 Å². The van der Waals surface area contributed by atoms with Gasteiger partial charge in [-0.3, -0.25) is 0 Å². The first-order valence-electron chi connectivity index (χ1n) is 6.00. The first-order valence-corrected chi connectivity index (χ1v) is 6.00. The SMILES string of the molecule is CC(/C=C/c1ccccc1)OC(=O)OC(C)(C)C. The minimum Gasteiger partial charge on any atom is -0.429 e. The Bertz CT molecular complexity index is 401. The number of hydrogen-bond acceptors (Lipinski definition) is 3. The van der Waals surface area contributed by atoms with Gasteiger partial charge in [0, 0.05) is 0 Å². The van der Waals surface area contributed by atoms with Gasteiger partial charge in [0.05, 0.1) is 0 Å². The Kier molecular flexibility index (Phi) is 4.95. The van der Waals surface area contributed by atoms with Crippen LogP contribution in [-0.4, -0.2) is 17.9 Å². The van der Waals surface area contributed by atoms with Crippen LogP contribution in [-0.2, 0) is 9.47 Å². The Hall–Kier alpha value is -1.77. The molecule has 0 saturated carbocycles. The lowest BCUT2D eigenvalue weighted by molar-refractivity contribution is -0.0153. The van der Waals surface area contributed by atoms with Crippen molar-refractivity contribution in [3.05, 3.63) is 42.0 Å². The van der Waals surface area contributed by atoms with Crippen molar-refractivity contribution in [3.8, 4) is 0 Å². The Morgan fingerprint density at radius 3 is 2.39 bits per heavy atom. The smallest absolute Gasteiger partial charge is 0.429 e. The predicted octanol–water partition coefficient (Wildman–Crippen LogP) is 4.04. The van der Waals surface area contributed by atoms with E-state index in [1.165, 1.54) is 0 Å². The van der Waals surface area contributed by atoms with E-state index in [4.69, 9.17) is 9.47 Å². The second-order valence-corrected chi connectivity index (χ2v) is 5.06. The van der Waals surface area contributed by atoms with Crippen LogP contribution in [0.3, 0.4) is 0 Å². The molecule has 0 fully saturated rings. The normalized spacial score (nSPS) is 13.3. The summed E-state index contributed by atoms with van der Waals surface area (Å²) in [4.78, 5) is 11.4. The molecular formula is C15H20O3. The monoisotopic (exact) mass is 248 g/mol. The molecule has 98 valence electrons. The summed E-state index contributed by atoms with van der Waals surface area (Å²) in [7, 11) is 0. The lowest BCUT2D eigenvalue weighted by atomic mass is 10.2. The van der Waals surface area contributed by atoms with Gasteiger partial charge in [-0.05, 0) is 39.3 Å². The van der Waals surface area contributed by atoms with Crippen LogP contribution in [0.5, 0.6) is 0 Å². The summed E-state index contributed by atoms with van der Waals surface area (Å²) in [6, 6.07) is 9.84. The number of carbonyl (C=O) groups excluding carboxylic acids is 1. The summed E-state index contributed by atoms with van der Waals surface area (Å²) in [6.07, 6.45) is 2.77. The van der Waals surface area contributed by atoms with E-state index in [1.807, 2.05) is 42.5 Å². The third kappa shape index (κ3) is 6.09. The topological polar surface area (TPSA) is 35.5 Å². The van der Waals surface area contributed by atoms with Crippen LogP contribution in [0.15, 0.2) is 36.4 Å². The van der Waals surface area contributed by atoms with Gasteiger partial charge in [-0.2, -0.15) is 0 Å². The Labute approximate surface area is 108 Å². The van der Waals surface area contributed by atoms with Crippen molar-refractivity contribution >= 4 is 12.2 Å². The van der Waals surface area contributed by atoms with E-state index in [-0.39, 0.29) is 6.10 Å². The van der Waals surface area contributed by atoms with Crippen LogP contribution in [0.4, 0.5) is 4.79 Å². The summed E-state index contributed by atoms with van der Waals surface area (Å²) < 4.78 is 10.2. The van der Waals surface area contributed by atoms with Crippen LogP contribution in [0.25, 0.3) is 6.08 Å². The molecule has 0 saturated heterocycles. The summed E-state index contributed by atoms with van der Waals surface area (Å²) >= 11 is 0. The third-order valence-electron chi connectivity index (χ3n) is 2.03. The predicted molar refractivity (Wildman–Crippen MR) is 72.3 cm³/mol. The molecule has 3 heteroatoms. The quantitative estimate of drug-likeness (QED) is 0.757. The molecule has 0 heterocycles. The average Bonchev–Trinajstić information content (AvgIpc) is 2.25. The highest BCUT2D eigenvalue weighted by atomic mass is 16.7. The standard InChI is InChI=1S/C15H20O3/c1-12(17-14(16)18-15(2,3)4)10-11-13-8-6-5-7-9-13/h5-12H,1-4H3/b11-10+. The van der Waals surface area contributed by atoms with Gasteiger partial charge in [-0.1, -0.05) is 36.4 Å². The summed E-state index contributed by atoms with van der Waals surface area (Å²) in [5.74, 6) is 0. The second-order valence-electron chi connectivity index (χ2n) is 5.06. The van der Waals surface area contributed by atoms with Gasteiger partial charge in [0.2, 0.25) is 0 Å². The molecule has 0 amide bonds. The molecule has 1 atom stereocenters. The van der Waals surface area contributed by atoms with Crippen LogP contribution >= 0.6 is 0 Å². The fraction of sp³-hybridized carbons (Fsp3) is 0.400. The lowest BCUT2D eigenvalue weighted by Crippen LogP contribution is -2.26. The van der Waals surface area contributed by atoms with E-state index in [1.54, 1.807) is 27.7 Å². The highest BCUT2D eigenvalue weighted by Crippen LogP contribution is 2.10. The van der Waals surface area contributed by atoms with Crippen LogP contribution in [0.2, 0.25) is 0 Å². The zero-order valence-electron chi connectivity index (χ0n) is 11.3. The van der Waals surface area contributed by atoms with Crippen molar-refractivity contribution in [2.24, 2.45) is 0 Å². The average molecular weight is 248 g/mol. The van der Waals surface area contributed by atoms with Crippen LogP contribution in [0, 0.1) is 0 Å². The molecule has 0 radical (unpaired) electrons. The summed E-state index contributed by atoms with van der Waals surface area (Å²) in [5.41, 5.74) is 0.539. The van der Waals surface area contributed by atoms with Gasteiger partial charge >= 0.3 is 6.16 Å². The number of carbonyl (C=O) groups is 1. The van der Waals surface area contributed by atoms with E-state index in [2.05, 4.69) is 0 Å². The molecule has 0 aliphatic carbocycles. The molecule has 0 aromatic heterocycles. The maximum Gasteiger partial charge on any atom is 0.509 e. The minimum atomic E-state index is -0.646. The van der Waals surface area contributed by atoms with E-state index in [0.29, 0.717) is 0 Å². The molecule has 18 heavy (non-hydrogen) atoms. The third-order valence-corrected chi connectivity index (χ3v) is 2.03. The largest absolute Gasteiger partial charge is 0.509 e. The fourth-order valence-corrected chi connectivity index (χ4v) is 1.28. The number of ether oxygens (including phenoxy) is 2. The first-order chi connectivity index (χ1) is 8.37. The molecule has 1 aromatic rings. The molecule has 0 spiro atoms. The van der Waals surface area contributed by atoms with Gasteiger partial charge in [0.25, 0.3) is 0 Å². The Balaban J connectivity index is 2.45. The molecule has 1 unspecified atom stereocenters. The Morgan fingerprint density at radius 1 is 1.22 bits per heavy atom. The summed E-state index contributed by atoms with van der Waals surface area (Å²) in [6.45, 7) is 7.21. The highest BCUT2D eigenvalue weighted by molar-refractivity contribution is 5.61. The van der Waals surface area contributed by atoms with E-state index >= 15 is 0 Å². The van der Waals surface area contributed by atoms with E-state index < -0.39 is 11.8 Å². The molecule has 1 aromatic carbocycles. The minimum absolute atomic E-state index is 0.319. The second kappa shape index (κ2) is 6.24. The molecule has 0 aliphatic heterocycles. The molecule has 0 aliphatic rings. The van der Waals surface area contributed by atoms with Gasteiger partial charge in [-0.25, -0.2) is 4.79 Å². The maximum atomic E-state index is 11.4. The van der Waals surface area contributed by atoms with E-state index in [9.17, 15) is 4.79 Å². The van der Waals surface area contributed by atoms with Crippen LogP contribution in [0.1, 0.15) is 33.3 Å². The van der Waals surface area contributed by atoms with Gasteiger partial charge in [0.1, 0.15) is 11.7 Å². The van der Waals surface area contributed by atoms with Crippen molar-refractivity contribution < 1.29 is 14.3 Å². The number of rotatable bonds is 3. The number of benzene rings is 1. The van der Waals surface area contributed by atoms with Gasteiger partial charge < -0.3 is 9.47 Å². The van der Waals surface area contributed by atoms with Crippen molar-refractivity contribution in [2.45, 2.75) is 39.4 Å². The van der Waals surface area contributed by atoms with E-state index in [0.717, 1.165) is 5.56 Å². The zero-order chi connectivity index (χ0) is 13.6. The van der Waals surface area contributed by atoms with Crippen molar-refractivity contribution in [2.75, 3.05) is 0 Å². The lowest BCUT2D eigenvalue weighted by Gasteiger charge is -2.20. The summed E-state index contributed by atoms with van der Waals surface area (Å²) in [5, 5.41) is 0. The molecular weight excluding hydrogens is 228 g/mol. The van der Waals surface area contributed by atoms with Crippen LogP contribution < -0.4 is 0 Å². The Morgan fingerprint density at radius 2 is 1.83 bits per heavy atom. The zero-order valence-corrected chi connectivity index (χ0v) is 11.3. The fourth-order valence-electron chi connectivity index (χ4n) is 1.28. The van der Waals surface area contributed by atoms with Crippen molar-refractivity contribution in [3.63, 3.8) is 0 Å².